The zero-order chi connectivity index (χ0) is 22.2. The first kappa shape index (κ1) is 22.9. The molecule has 0 N–H and O–H groups in total. The highest BCUT2D eigenvalue weighted by molar-refractivity contribution is 5.60. The molecule has 0 aromatic carbocycles. The summed E-state index contributed by atoms with van der Waals surface area (Å²) in [6.07, 6.45) is 14.3. The van der Waals surface area contributed by atoms with Crippen molar-refractivity contribution in [2.45, 2.75) is 98.0 Å². The van der Waals surface area contributed by atoms with Crippen LogP contribution in [-0.4, -0.2) is 25.2 Å². The van der Waals surface area contributed by atoms with E-state index in [2.05, 4.69) is 26.8 Å². The predicted molar refractivity (Wildman–Crippen MR) is 122 cm³/mol. The van der Waals surface area contributed by atoms with Crippen molar-refractivity contribution < 1.29 is 19.1 Å². The Bertz CT molecular complexity index is 714. The lowest BCUT2D eigenvalue weighted by atomic mass is 9.47. The molecule has 4 heteroatoms. The van der Waals surface area contributed by atoms with Crippen molar-refractivity contribution in [1.29, 1.82) is 0 Å². The lowest BCUT2D eigenvalue weighted by Crippen LogP contribution is -2.51. The van der Waals surface area contributed by atoms with Crippen molar-refractivity contribution >= 4 is 12.4 Å². The van der Waals surface area contributed by atoms with Crippen LogP contribution < -0.4 is 0 Å². The van der Waals surface area contributed by atoms with E-state index < -0.39 is 6.16 Å². The molecule has 4 aliphatic carbocycles. The summed E-state index contributed by atoms with van der Waals surface area (Å²) in [6.45, 7) is 9.65. The van der Waals surface area contributed by atoms with Crippen LogP contribution >= 0.6 is 0 Å². The smallest absolute Gasteiger partial charge is 0.435 e. The second-order valence-electron chi connectivity index (χ2n) is 11.4. The second-order valence-corrected chi connectivity index (χ2v) is 11.4. The van der Waals surface area contributed by atoms with Gasteiger partial charge in [-0.15, -0.1) is 0 Å². The predicted octanol–water partition coefficient (Wildman–Crippen LogP) is 6.72. The van der Waals surface area contributed by atoms with Crippen molar-refractivity contribution in [1.82, 2.24) is 0 Å². The molecule has 3 fully saturated rings. The largest absolute Gasteiger partial charge is 0.508 e. The Labute approximate surface area is 188 Å². The Morgan fingerprint density at radius 1 is 1.19 bits per heavy atom. The van der Waals surface area contributed by atoms with E-state index in [-0.39, 0.29) is 11.5 Å². The number of fused-ring (bicyclic) bond motifs is 5. The van der Waals surface area contributed by atoms with Crippen molar-refractivity contribution in [3.8, 4) is 0 Å². The Balaban J connectivity index is 1.48. The summed E-state index contributed by atoms with van der Waals surface area (Å²) in [6, 6.07) is 0. The number of carbonyl (C=O) groups excluding carboxylic acids is 2. The minimum Gasteiger partial charge on any atom is -0.435 e. The van der Waals surface area contributed by atoms with Crippen LogP contribution in [0.4, 0.5) is 4.79 Å². The number of ether oxygens (including phenoxy) is 2. The Kier molecular flexibility index (Phi) is 6.57. The van der Waals surface area contributed by atoms with E-state index in [4.69, 9.17) is 9.47 Å². The van der Waals surface area contributed by atoms with Crippen molar-refractivity contribution in [3.05, 3.63) is 11.6 Å². The Morgan fingerprint density at radius 3 is 2.74 bits per heavy atom. The third kappa shape index (κ3) is 3.97. The van der Waals surface area contributed by atoms with Crippen LogP contribution in [0.1, 0.15) is 91.9 Å². The molecule has 0 bridgehead atoms. The highest BCUT2D eigenvalue weighted by atomic mass is 16.7. The quantitative estimate of drug-likeness (QED) is 0.266. The zero-order valence-electron chi connectivity index (χ0n) is 20.0. The number of hydrogen-bond donors (Lipinski definition) is 0. The summed E-state index contributed by atoms with van der Waals surface area (Å²) in [5.41, 5.74) is 2.24. The first-order chi connectivity index (χ1) is 14.8. The van der Waals surface area contributed by atoms with Gasteiger partial charge in [-0.25, -0.2) is 4.79 Å². The first-order valence-corrected chi connectivity index (χ1v) is 12.8. The summed E-state index contributed by atoms with van der Waals surface area (Å²) < 4.78 is 10.6. The van der Waals surface area contributed by atoms with Gasteiger partial charge in [0.25, 0.3) is 0 Å². The molecular formula is C27H42O4. The third-order valence-electron chi connectivity index (χ3n) is 10.1. The number of allylic oxidation sites excluding steroid dienone is 1. The first-order valence-electron chi connectivity index (χ1n) is 12.8. The zero-order valence-corrected chi connectivity index (χ0v) is 20.0. The van der Waals surface area contributed by atoms with Gasteiger partial charge < -0.3 is 14.3 Å². The molecule has 4 nitrogen and oxygen atoms in total. The highest BCUT2D eigenvalue weighted by Crippen LogP contribution is 2.67. The molecule has 0 aliphatic heterocycles. The lowest BCUT2D eigenvalue weighted by molar-refractivity contribution is -0.108. The van der Waals surface area contributed by atoms with Gasteiger partial charge in [-0.2, -0.15) is 0 Å². The van der Waals surface area contributed by atoms with E-state index >= 15 is 0 Å². The molecule has 0 heterocycles. The van der Waals surface area contributed by atoms with Gasteiger partial charge in [-0.1, -0.05) is 32.4 Å². The maximum absolute atomic E-state index is 11.8. The summed E-state index contributed by atoms with van der Waals surface area (Å²) in [5, 5.41) is 0. The van der Waals surface area contributed by atoms with Gasteiger partial charge in [0, 0.05) is 12.8 Å². The topological polar surface area (TPSA) is 52.6 Å². The molecule has 8 atom stereocenters. The molecule has 0 amide bonds. The summed E-state index contributed by atoms with van der Waals surface area (Å²) in [4.78, 5) is 22.7. The van der Waals surface area contributed by atoms with Gasteiger partial charge in [0.2, 0.25) is 0 Å². The van der Waals surface area contributed by atoms with Crippen LogP contribution in [0.25, 0.3) is 0 Å². The van der Waals surface area contributed by atoms with E-state index in [1.165, 1.54) is 37.7 Å². The number of carbonyl (C=O) groups is 2. The van der Waals surface area contributed by atoms with Crippen LogP contribution in [0.5, 0.6) is 0 Å². The molecule has 0 unspecified atom stereocenters. The van der Waals surface area contributed by atoms with Gasteiger partial charge in [0.1, 0.15) is 12.4 Å². The van der Waals surface area contributed by atoms with Gasteiger partial charge in [-0.05, 0) is 98.7 Å². The van der Waals surface area contributed by atoms with E-state index in [9.17, 15) is 9.59 Å². The van der Waals surface area contributed by atoms with Crippen molar-refractivity contribution in [3.63, 3.8) is 0 Å². The maximum atomic E-state index is 11.8. The van der Waals surface area contributed by atoms with E-state index in [1.807, 2.05) is 6.92 Å². The van der Waals surface area contributed by atoms with Crippen molar-refractivity contribution in [2.24, 2.45) is 40.4 Å². The molecule has 174 valence electrons. The van der Waals surface area contributed by atoms with Gasteiger partial charge in [-0.3, -0.25) is 0 Å². The molecule has 0 spiro atoms. The molecule has 0 saturated heterocycles. The lowest BCUT2D eigenvalue weighted by Gasteiger charge is -2.58. The molecule has 0 aromatic heterocycles. The number of aldehydes is 1. The van der Waals surface area contributed by atoms with Crippen LogP contribution in [-0.2, 0) is 14.3 Å². The number of hydrogen-bond acceptors (Lipinski definition) is 4. The van der Waals surface area contributed by atoms with Crippen LogP contribution in [0.3, 0.4) is 0 Å². The van der Waals surface area contributed by atoms with Gasteiger partial charge >= 0.3 is 6.16 Å². The average Bonchev–Trinajstić information content (AvgIpc) is 3.09. The third-order valence-corrected chi connectivity index (χ3v) is 10.1. The van der Waals surface area contributed by atoms with Crippen LogP contribution in [0.15, 0.2) is 11.6 Å². The summed E-state index contributed by atoms with van der Waals surface area (Å²) >= 11 is 0. The summed E-state index contributed by atoms with van der Waals surface area (Å²) in [7, 11) is 0. The second kappa shape index (κ2) is 8.90. The van der Waals surface area contributed by atoms with E-state index in [0.29, 0.717) is 24.4 Å². The molecule has 0 radical (unpaired) electrons. The molecule has 0 aromatic rings. The minimum atomic E-state index is -0.514. The summed E-state index contributed by atoms with van der Waals surface area (Å²) in [5.74, 6) is 3.79. The monoisotopic (exact) mass is 430 g/mol. The Morgan fingerprint density at radius 2 is 2.00 bits per heavy atom. The number of rotatable bonds is 6. The average molecular weight is 431 g/mol. The van der Waals surface area contributed by atoms with Crippen LogP contribution in [0.2, 0.25) is 0 Å². The maximum Gasteiger partial charge on any atom is 0.508 e. The van der Waals surface area contributed by atoms with Gasteiger partial charge in [0.05, 0.1) is 6.61 Å². The van der Waals surface area contributed by atoms with E-state index in [0.717, 1.165) is 55.6 Å². The van der Waals surface area contributed by atoms with Crippen molar-refractivity contribution in [2.75, 3.05) is 6.61 Å². The standard InChI is InChI=1S/C27H42O4/c1-5-30-25(29)31-20-12-14-26(3)19(17-20)8-9-21-23-11-10-22(18(2)7-6-16-28)27(23,4)15-13-24(21)26/h8,16,18,20-24H,5-7,9-15,17H2,1-4H3/t18-,20+,21+,22-,23+,24+,26+,27-/m1/s1. The van der Waals surface area contributed by atoms with Crippen LogP contribution in [0, 0.1) is 40.4 Å². The SMILES string of the molecule is CCOC(=O)O[C@H]1CC[C@@]2(C)C(=CC[C@H]3[C@@H]4CC[C@H]([C@H](C)CCC=O)[C@@]4(C)CC[C@@H]32)C1. The Hall–Kier alpha value is -1.32. The fourth-order valence-corrected chi connectivity index (χ4v) is 8.52. The molecule has 4 rings (SSSR count). The molecule has 4 aliphatic rings. The molecule has 3 saturated carbocycles. The van der Waals surface area contributed by atoms with Gasteiger partial charge in [0.15, 0.2) is 0 Å². The normalized spacial score (nSPS) is 42.5. The fourth-order valence-electron chi connectivity index (χ4n) is 8.52. The van der Waals surface area contributed by atoms with E-state index in [1.54, 1.807) is 0 Å². The fraction of sp³-hybridized carbons (Fsp3) is 0.852. The molecular weight excluding hydrogens is 388 g/mol. The minimum absolute atomic E-state index is 0.0293. The molecule has 31 heavy (non-hydrogen) atoms. The highest BCUT2D eigenvalue weighted by Gasteiger charge is 2.59.